The molecule has 0 unspecified atom stereocenters. The third-order valence-corrected chi connectivity index (χ3v) is 6.68. The van der Waals surface area contributed by atoms with Crippen LogP contribution in [0.1, 0.15) is 31.7 Å². The van der Waals surface area contributed by atoms with E-state index in [-0.39, 0.29) is 5.78 Å². The van der Waals surface area contributed by atoms with Crippen molar-refractivity contribution in [3.63, 3.8) is 0 Å². The Kier molecular flexibility index (Phi) is 5.32. The first kappa shape index (κ1) is 18.3. The summed E-state index contributed by atoms with van der Waals surface area (Å²) in [5.41, 5.74) is 2.29. The van der Waals surface area contributed by atoms with Crippen molar-refractivity contribution in [2.24, 2.45) is 5.10 Å². The SMILES string of the molecule is CC(=O)C1=NN(c2ccccc2)[C@@](Cc2ccccc2)(N2CCCCC2)S1. The number of rotatable bonds is 5. The Bertz CT molecular complexity index is 818. The zero-order valence-electron chi connectivity index (χ0n) is 15.7. The average Bonchev–Trinajstić information content (AvgIpc) is 3.11. The largest absolute Gasteiger partial charge is 0.292 e. The molecular weight excluding hydrogens is 354 g/mol. The molecule has 140 valence electrons. The molecule has 1 saturated heterocycles. The van der Waals surface area contributed by atoms with Gasteiger partial charge in [-0.15, -0.1) is 0 Å². The second kappa shape index (κ2) is 7.87. The van der Waals surface area contributed by atoms with Crippen LogP contribution in [0.15, 0.2) is 65.8 Å². The standard InChI is InChI=1S/C22H25N3OS/c1-18(26)21-23-25(20-13-7-3-8-14-20)22(27-21,24-15-9-4-10-16-24)17-19-11-5-2-6-12-19/h2-3,5-8,11-14H,4,9-10,15-17H2,1H3/t22-/m1/s1. The Morgan fingerprint density at radius 2 is 1.63 bits per heavy atom. The van der Waals surface area contributed by atoms with Crippen LogP contribution >= 0.6 is 11.8 Å². The molecule has 0 saturated carbocycles. The van der Waals surface area contributed by atoms with Crippen molar-refractivity contribution in [2.45, 2.75) is 37.6 Å². The van der Waals surface area contributed by atoms with Gasteiger partial charge in [-0.1, -0.05) is 66.7 Å². The third kappa shape index (κ3) is 3.66. The average molecular weight is 380 g/mol. The summed E-state index contributed by atoms with van der Waals surface area (Å²) >= 11 is 1.62. The minimum Gasteiger partial charge on any atom is -0.292 e. The minimum atomic E-state index is -0.399. The van der Waals surface area contributed by atoms with Gasteiger partial charge in [-0.25, -0.2) is 5.01 Å². The lowest BCUT2D eigenvalue weighted by atomic mass is 10.0. The lowest BCUT2D eigenvalue weighted by molar-refractivity contribution is -0.110. The van der Waals surface area contributed by atoms with Crippen LogP contribution in [0.2, 0.25) is 0 Å². The number of hydrogen-bond donors (Lipinski definition) is 0. The highest BCUT2D eigenvalue weighted by molar-refractivity contribution is 8.17. The van der Waals surface area contributed by atoms with Crippen LogP contribution in [-0.2, 0) is 11.2 Å². The zero-order valence-corrected chi connectivity index (χ0v) is 16.5. The quantitative estimate of drug-likeness (QED) is 0.765. The predicted octanol–water partition coefficient (Wildman–Crippen LogP) is 4.52. The number of hydrogen-bond acceptors (Lipinski definition) is 5. The van der Waals surface area contributed by atoms with Crippen LogP contribution in [0.25, 0.3) is 0 Å². The fourth-order valence-electron chi connectivity index (χ4n) is 3.88. The number of piperidine rings is 1. The molecule has 0 radical (unpaired) electrons. The summed E-state index contributed by atoms with van der Waals surface area (Å²) in [7, 11) is 0. The molecular formula is C22H25N3OS. The molecule has 0 amide bonds. The molecule has 4 nitrogen and oxygen atoms in total. The number of nitrogens with zero attached hydrogens (tertiary/aromatic N) is 3. The highest BCUT2D eigenvalue weighted by atomic mass is 32.2. The van der Waals surface area contributed by atoms with Gasteiger partial charge in [0.1, 0.15) is 0 Å². The number of likely N-dealkylation sites (tertiary alicyclic amines) is 1. The fourth-order valence-corrected chi connectivity index (χ4v) is 5.24. The van der Waals surface area contributed by atoms with Gasteiger partial charge in [0, 0.05) is 26.4 Å². The van der Waals surface area contributed by atoms with Crippen LogP contribution in [0.4, 0.5) is 5.69 Å². The fraction of sp³-hybridized carbons (Fsp3) is 0.364. The molecule has 0 aromatic heterocycles. The molecule has 0 bridgehead atoms. The molecule has 2 aromatic rings. The molecule has 1 atom stereocenters. The first-order valence-electron chi connectivity index (χ1n) is 9.62. The maximum absolute atomic E-state index is 12.2. The van der Waals surface area contributed by atoms with E-state index in [0.717, 1.165) is 25.2 Å². The van der Waals surface area contributed by atoms with Crippen LogP contribution in [0.3, 0.4) is 0 Å². The molecule has 1 fully saturated rings. The summed E-state index contributed by atoms with van der Waals surface area (Å²) in [5.74, 6) is 0.0351. The first-order valence-corrected chi connectivity index (χ1v) is 10.4. The monoisotopic (exact) mass is 379 g/mol. The second-order valence-corrected chi connectivity index (χ2v) is 8.41. The molecule has 2 aromatic carbocycles. The Labute approximate surface area is 165 Å². The number of benzene rings is 2. The lowest BCUT2D eigenvalue weighted by Crippen LogP contribution is -2.58. The molecule has 2 aliphatic rings. The number of Topliss-reactive ketones (excluding diaryl/α,β-unsaturated/α-hetero) is 1. The number of carbonyl (C=O) groups is 1. The van der Waals surface area contributed by atoms with Crippen molar-refractivity contribution in [2.75, 3.05) is 18.1 Å². The molecule has 2 heterocycles. The van der Waals surface area contributed by atoms with E-state index in [1.165, 1.54) is 24.8 Å². The van der Waals surface area contributed by atoms with E-state index in [1.807, 2.05) is 24.3 Å². The van der Waals surface area contributed by atoms with Crippen molar-refractivity contribution in [3.05, 3.63) is 66.2 Å². The first-order chi connectivity index (χ1) is 13.2. The van der Waals surface area contributed by atoms with E-state index >= 15 is 0 Å². The van der Waals surface area contributed by atoms with Crippen molar-refractivity contribution in [3.8, 4) is 0 Å². The number of carbonyl (C=O) groups excluding carboxylic acids is 1. The summed E-state index contributed by atoms with van der Waals surface area (Å²) in [6.07, 6.45) is 4.46. The van der Waals surface area contributed by atoms with Gasteiger partial charge in [-0.2, -0.15) is 5.10 Å². The summed E-state index contributed by atoms with van der Waals surface area (Å²) in [5, 5.41) is 7.49. The summed E-state index contributed by atoms with van der Waals surface area (Å²) < 4.78 is 0. The van der Waals surface area contributed by atoms with Crippen molar-refractivity contribution in [1.82, 2.24) is 4.90 Å². The van der Waals surface area contributed by atoms with Crippen LogP contribution in [-0.4, -0.2) is 33.8 Å². The van der Waals surface area contributed by atoms with E-state index in [9.17, 15) is 4.79 Å². The van der Waals surface area contributed by atoms with Crippen LogP contribution < -0.4 is 5.01 Å². The van der Waals surface area contributed by atoms with E-state index in [4.69, 9.17) is 5.10 Å². The predicted molar refractivity (Wildman–Crippen MR) is 113 cm³/mol. The maximum atomic E-state index is 12.2. The van der Waals surface area contributed by atoms with E-state index in [1.54, 1.807) is 18.7 Å². The molecule has 0 N–H and O–H groups in total. The van der Waals surface area contributed by atoms with Gasteiger partial charge in [-0.3, -0.25) is 9.69 Å². The maximum Gasteiger partial charge on any atom is 0.186 e. The van der Waals surface area contributed by atoms with Gasteiger partial charge in [-0.05, 0) is 30.5 Å². The summed E-state index contributed by atoms with van der Waals surface area (Å²) in [4.78, 5) is 14.4. The topological polar surface area (TPSA) is 35.9 Å². The minimum absolute atomic E-state index is 0.0351. The smallest absolute Gasteiger partial charge is 0.186 e. The van der Waals surface area contributed by atoms with Gasteiger partial charge in [0.05, 0.1) is 5.69 Å². The van der Waals surface area contributed by atoms with Gasteiger partial charge in [0.15, 0.2) is 15.8 Å². The summed E-state index contributed by atoms with van der Waals surface area (Å²) in [6, 6.07) is 20.8. The van der Waals surface area contributed by atoms with E-state index in [2.05, 4.69) is 46.3 Å². The molecule has 5 heteroatoms. The molecule has 2 aliphatic heterocycles. The van der Waals surface area contributed by atoms with Gasteiger partial charge < -0.3 is 0 Å². The number of thioether (sulfide) groups is 1. The van der Waals surface area contributed by atoms with Crippen LogP contribution in [0, 0.1) is 0 Å². The van der Waals surface area contributed by atoms with Gasteiger partial charge >= 0.3 is 0 Å². The Morgan fingerprint density at radius 3 is 2.26 bits per heavy atom. The number of para-hydroxylation sites is 1. The number of anilines is 1. The van der Waals surface area contributed by atoms with E-state index < -0.39 is 4.99 Å². The molecule has 0 aliphatic carbocycles. The van der Waals surface area contributed by atoms with Crippen molar-refractivity contribution >= 4 is 28.3 Å². The third-order valence-electron chi connectivity index (χ3n) is 5.21. The Balaban J connectivity index is 1.80. The Hall–Kier alpha value is -2.11. The molecule has 0 spiro atoms. The summed E-state index contributed by atoms with van der Waals surface area (Å²) in [6.45, 7) is 3.68. The Morgan fingerprint density at radius 1 is 1.00 bits per heavy atom. The van der Waals surface area contributed by atoms with Crippen molar-refractivity contribution in [1.29, 1.82) is 0 Å². The normalized spacial score (nSPS) is 23.3. The van der Waals surface area contributed by atoms with Gasteiger partial charge in [0.2, 0.25) is 0 Å². The lowest BCUT2D eigenvalue weighted by Gasteiger charge is -2.47. The van der Waals surface area contributed by atoms with E-state index in [0.29, 0.717) is 5.04 Å². The number of ketones is 1. The molecule has 4 rings (SSSR count). The molecule has 27 heavy (non-hydrogen) atoms. The number of hydrazone groups is 1. The second-order valence-electron chi connectivity index (χ2n) is 7.16. The highest BCUT2D eigenvalue weighted by Crippen LogP contribution is 2.46. The van der Waals surface area contributed by atoms with Crippen LogP contribution in [0.5, 0.6) is 0 Å². The highest BCUT2D eigenvalue weighted by Gasteiger charge is 2.50. The zero-order chi connectivity index (χ0) is 18.7. The van der Waals surface area contributed by atoms with Crippen molar-refractivity contribution < 1.29 is 4.79 Å². The van der Waals surface area contributed by atoms with Gasteiger partial charge in [0.25, 0.3) is 0 Å².